The van der Waals surface area contributed by atoms with Crippen LogP contribution in [0.25, 0.3) is 0 Å². The first-order valence-electron chi connectivity index (χ1n) is 6.80. The van der Waals surface area contributed by atoms with Gasteiger partial charge < -0.3 is 19.9 Å². The number of thiophene rings is 1. The molecule has 110 valence electrons. The summed E-state index contributed by atoms with van der Waals surface area (Å²) in [7, 11) is 0. The van der Waals surface area contributed by atoms with Gasteiger partial charge in [-0.15, -0.1) is 0 Å². The molecule has 0 saturated carbocycles. The highest BCUT2D eigenvalue weighted by Gasteiger charge is 2.08. The topological polar surface area (TPSA) is 50.7 Å². The van der Waals surface area contributed by atoms with Gasteiger partial charge in [0.15, 0.2) is 0 Å². The zero-order chi connectivity index (χ0) is 13.9. The first-order chi connectivity index (χ1) is 9.22. The van der Waals surface area contributed by atoms with Gasteiger partial charge in [0.1, 0.15) is 0 Å². The molecular formula is C14H25NO3S. The van der Waals surface area contributed by atoms with E-state index in [9.17, 15) is 5.11 Å². The Labute approximate surface area is 119 Å². The third kappa shape index (κ3) is 8.34. The number of ether oxygens (including phenoxy) is 2. The number of hydrogen-bond donors (Lipinski definition) is 2. The highest BCUT2D eigenvalue weighted by Crippen LogP contribution is 2.08. The summed E-state index contributed by atoms with van der Waals surface area (Å²) in [6.45, 7) is 6.81. The summed E-state index contributed by atoms with van der Waals surface area (Å²) in [4.78, 5) is 0. The first-order valence-corrected chi connectivity index (χ1v) is 7.74. The van der Waals surface area contributed by atoms with Crippen LogP contribution in [-0.4, -0.2) is 50.2 Å². The Morgan fingerprint density at radius 2 is 2.16 bits per heavy atom. The van der Waals surface area contributed by atoms with Crippen LogP contribution in [0.4, 0.5) is 0 Å². The summed E-state index contributed by atoms with van der Waals surface area (Å²) in [6, 6.07) is 2.49. The van der Waals surface area contributed by atoms with Gasteiger partial charge in [-0.25, -0.2) is 0 Å². The van der Waals surface area contributed by atoms with Crippen molar-refractivity contribution in [3.8, 4) is 0 Å². The van der Waals surface area contributed by atoms with Crippen LogP contribution < -0.4 is 5.32 Å². The molecule has 0 saturated heterocycles. The van der Waals surface area contributed by atoms with E-state index in [4.69, 9.17) is 9.47 Å². The van der Waals surface area contributed by atoms with Crippen molar-refractivity contribution in [1.82, 2.24) is 5.32 Å². The van der Waals surface area contributed by atoms with Gasteiger partial charge in [-0.3, -0.25) is 0 Å². The Hall–Kier alpha value is -0.460. The lowest BCUT2D eigenvalue weighted by atomic mass is 10.1. The fourth-order valence-corrected chi connectivity index (χ4v) is 2.39. The van der Waals surface area contributed by atoms with Crippen molar-refractivity contribution < 1.29 is 14.6 Å². The molecule has 0 aliphatic rings. The fourth-order valence-electron chi connectivity index (χ4n) is 1.71. The summed E-state index contributed by atoms with van der Waals surface area (Å²) < 4.78 is 10.5. The molecule has 2 unspecified atom stereocenters. The molecule has 2 N–H and O–H groups in total. The molecule has 4 nitrogen and oxygen atoms in total. The largest absolute Gasteiger partial charge is 0.389 e. The summed E-state index contributed by atoms with van der Waals surface area (Å²) in [5.74, 6) is 0. The quantitative estimate of drug-likeness (QED) is 0.608. The van der Waals surface area contributed by atoms with E-state index >= 15 is 0 Å². The van der Waals surface area contributed by atoms with Crippen molar-refractivity contribution in [1.29, 1.82) is 0 Å². The maximum Gasteiger partial charge on any atom is 0.0897 e. The van der Waals surface area contributed by atoms with Gasteiger partial charge in [-0.1, -0.05) is 0 Å². The molecule has 19 heavy (non-hydrogen) atoms. The van der Waals surface area contributed by atoms with Crippen LogP contribution in [0.15, 0.2) is 16.8 Å². The predicted octanol–water partition coefficient (Wildman–Crippen LogP) is 1.68. The molecular weight excluding hydrogens is 262 g/mol. The average Bonchev–Trinajstić information content (AvgIpc) is 2.89. The minimum Gasteiger partial charge on any atom is -0.389 e. The van der Waals surface area contributed by atoms with Crippen molar-refractivity contribution in [2.45, 2.75) is 32.4 Å². The number of aliphatic hydroxyl groups is 1. The molecule has 0 spiro atoms. The van der Waals surface area contributed by atoms with E-state index < -0.39 is 6.10 Å². The zero-order valence-electron chi connectivity index (χ0n) is 11.8. The first kappa shape index (κ1) is 16.6. The van der Waals surface area contributed by atoms with Gasteiger partial charge in [0.25, 0.3) is 0 Å². The van der Waals surface area contributed by atoms with Crippen LogP contribution >= 0.6 is 11.3 Å². The standard InChI is InChI=1S/C14H25NO3S/c1-3-17-5-6-18-10-14(16)9-15-12(2)8-13-4-7-19-11-13/h4,7,11-12,14-16H,3,5-6,8-10H2,1-2H3. The molecule has 0 fully saturated rings. The number of hydrogen-bond acceptors (Lipinski definition) is 5. The maximum absolute atomic E-state index is 9.75. The van der Waals surface area contributed by atoms with E-state index in [1.54, 1.807) is 11.3 Å². The van der Waals surface area contributed by atoms with Crippen LogP contribution in [0.1, 0.15) is 19.4 Å². The Bertz CT molecular complexity index is 306. The normalized spacial score (nSPS) is 14.5. The van der Waals surface area contributed by atoms with Crippen LogP contribution in [0.3, 0.4) is 0 Å². The highest BCUT2D eigenvalue weighted by atomic mass is 32.1. The third-order valence-corrected chi connectivity index (χ3v) is 3.44. The van der Waals surface area contributed by atoms with Crippen LogP contribution in [0.2, 0.25) is 0 Å². The van der Waals surface area contributed by atoms with Gasteiger partial charge >= 0.3 is 0 Å². The third-order valence-electron chi connectivity index (χ3n) is 2.71. The second kappa shape index (κ2) is 10.3. The van der Waals surface area contributed by atoms with E-state index in [0.717, 1.165) is 6.42 Å². The zero-order valence-corrected chi connectivity index (χ0v) is 12.6. The van der Waals surface area contributed by atoms with E-state index in [0.29, 0.717) is 39.0 Å². The van der Waals surface area contributed by atoms with Crippen molar-refractivity contribution in [2.75, 3.05) is 33.0 Å². The van der Waals surface area contributed by atoms with Crippen molar-refractivity contribution >= 4 is 11.3 Å². The molecule has 1 rings (SSSR count). The summed E-state index contributed by atoms with van der Waals surface area (Å²) in [6.07, 6.45) is 0.521. The summed E-state index contributed by atoms with van der Waals surface area (Å²) >= 11 is 1.71. The maximum atomic E-state index is 9.75. The second-order valence-electron chi connectivity index (χ2n) is 4.57. The minimum atomic E-state index is -0.466. The minimum absolute atomic E-state index is 0.352. The lowest BCUT2D eigenvalue weighted by Gasteiger charge is -2.17. The van der Waals surface area contributed by atoms with Crippen LogP contribution in [-0.2, 0) is 15.9 Å². The summed E-state index contributed by atoms with van der Waals surface area (Å²) in [5, 5.41) is 17.3. The molecule has 1 heterocycles. The fraction of sp³-hybridized carbons (Fsp3) is 0.714. The molecule has 0 aromatic carbocycles. The van der Waals surface area contributed by atoms with E-state index in [-0.39, 0.29) is 0 Å². The van der Waals surface area contributed by atoms with E-state index in [2.05, 4.69) is 29.1 Å². The van der Waals surface area contributed by atoms with Gasteiger partial charge in [-0.05, 0) is 42.7 Å². The molecule has 0 amide bonds. The van der Waals surface area contributed by atoms with Crippen molar-refractivity contribution in [3.63, 3.8) is 0 Å². The van der Waals surface area contributed by atoms with Gasteiger partial charge in [0.05, 0.1) is 25.9 Å². The lowest BCUT2D eigenvalue weighted by molar-refractivity contribution is 0.00588. The molecule has 1 aromatic rings. The molecule has 0 bridgehead atoms. The van der Waals surface area contributed by atoms with E-state index in [1.165, 1.54) is 5.56 Å². The van der Waals surface area contributed by atoms with Crippen molar-refractivity contribution in [3.05, 3.63) is 22.4 Å². The molecule has 2 atom stereocenters. The van der Waals surface area contributed by atoms with E-state index in [1.807, 2.05) is 6.92 Å². The Kier molecular flexibility index (Phi) is 9.03. The van der Waals surface area contributed by atoms with Gasteiger partial charge in [0, 0.05) is 19.2 Å². The Morgan fingerprint density at radius 1 is 1.37 bits per heavy atom. The molecule has 5 heteroatoms. The molecule has 0 aliphatic carbocycles. The smallest absolute Gasteiger partial charge is 0.0897 e. The monoisotopic (exact) mass is 287 g/mol. The number of nitrogens with one attached hydrogen (secondary N) is 1. The lowest BCUT2D eigenvalue weighted by Crippen LogP contribution is -2.37. The van der Waals surface area contributed by atoms with Gasteiger partial charge in [-0.2, -0.15) is 11.3 Å². The predicted molar refractivity (Wildman–Crippen MR) is 78.8 cm³/mol. The van der Waals surface area contributed by atoms with Gasteiger partial charge in [0.2, 0.25) is 0 Å². The SMILES string of the molecule is CCOCCOCC(O)CNC(C)Cc1ccsc1. The average molecular weight is 287 g/mol. The molecule has 1 aromatic heterocycles. The second-order valence-corrected chi connectivity index (χ2v) is 5.35. The summed E-state index contributed by atoms with van der Waals surface area (Å²) in [5.41, 5.74) is 1.34. The number of rotatable bonds is 11. The van der Waals surface area contributed by atoms with Crippen molar-refractivity contribution in [2.24, 2.45) is 0 Å². The number of aliphatic hydroxyl groups excluding tert-OH is 1. The highest BCUT2D eigenvalue weighted by molar-refractivity contribution is 7.07. The molecule has 0 aliphatic heterocycles. The molecule has 0 radical (unpaired) electrons. The van der Waals surface area contributed by atoms with Crippen LogP contribution in [0, 0.1) is 0 Å². The Balaban J connectivity index is 2.01. The Morgan fingerprint density at radius 3 is 2.84 bits per heavy atom. The van der Waals surface area contributed by atoms with Crippen LogP contribution in [0.5, 0.6) is 0 Å².